The van der Waals surface area contributed by atoms with Crippen molar-refractivity contribution in [2.75, 3.05) is 13.7 Å². The molecule has 0 saturated carbocycles. The summed E-state index contributed by atoms with van der Waals surface area (Å²) < 4.78 is 0. The van der Waals surface area contributed by atoms with Gasteiger partial charge in [0.05, 0.1) is 6.21 Å². The molecule has 0 N–H and O–H groups in total. The highest BCUT2D eigenvalue weighted by atomic mass is 35.5. The van der Waals surface area contributed by atoms with Gasteiger partial charge in [-0.2, -0.15) is 5.10 Å². The molecule has 70 valence electrons. The summed E-state index contributed by atoms with van der Waals surface area (Å²) in [5, 5.41) is 8.44. The second-order valence-corrected chi connectivity index (χ2v) is 2.46. The van der Waals surface area contributed by atoms with Gasteiger partial charge in [0, 0.05) is 12.6 Å². The minimum Gasteiger partial charge on any atom is -0.391 e. The van der Waals surface area contributed by atoms with Gasteiger partial charge in [-0.25, -0.2) is 5.01 Å². The first kappa shape index (κ1) is 9.73. The maximum atomic E-state index is 11.1. The largest absolute Gasteiger partial charge is 0.391 e. The molecule has 0 radical (unpaired) electrons. The lowest BCUT2D eigenvalue weighted by Crippen LogP contribution is -2.22. The lowest BCUT2D eigenvalue weighted by atomic mass is 10.4. The fraction of sp³-hybridized carbons (Fsp3) is 0.286. The smallest absolute Gasteiger partial charge is 0.297 e. The van der Waals surface area contributed by atoms with Crippen LogP contribution in [0.25, 0.3) is 0 Å². The molecule has 0 aromatic carbocycles. The Hall–Kier alpha value is -1.36. The molecule has 1 rings (SSSR count). The van der Waals surface area contributed by atoms with Crippen LogP contribution in [0.2, 0.25) is 0 Å². The van der Waals surface area contributed by atoms with E-state index in [4.69, 9.17) is 16.4 Å². The highest BCUT2D eigenvalue weighted by Crippen LogP contribution is 1.97. The van der Waals surface area contributed by atoms with Crippen LogP contribution in [-0.4, -0.2) is 36.5 Å². The van der Waals surface area contributed by atoms with E-state index in [1.54, 1.807) is 13.1 Å². The molecule has 0 spiro atoms. The zero-order valence-corrected chi connectivity index (χ0v) is 7.73. The summed E-state index contributed by atoms with van der Waals surface area (Å²) in [7, 11) is 1.54. The van der Waals surface area contributed by atoms with Crippen LogP contribution >= 0.6 is 11.6 Å². The topological polar surface area (TPSA) is 54.3 Å². The Kier molecular flexibility index (Phi) is 3.45. The molecule has 1 aliphatic rings. The minimum atomic E-state index is -0.283. The first-order valence-corrected chi connectivity index (χ1v) is 3.96. The standard InChI is InChI=1S/C7H8ClN3O2/c1-11-7(12)6(5-9-11)10-13-4-2-3-8/h2-3,5H,4H2,1H3. The average molecular weight is 202 g/mol. The second kappa shape index (κ2) is 4.61. The molecule has 0 unspecified atom stereocenters. The van der Waals surface area contributed by atoms with Crippen LogP contribution in [0.5, 0.6) is 0 Å². The summed E-state index contributed by atoms with van der Waals surface area (Å²) in [5.41, 5.74) is 1.50. The zero-order chi connectivity index (χ0) is 9.68. The summed E-state index contributed by atoms with van der Waals surface area (Å²) in [6.45, 7) is 0.234. The van der Waals surface area contributed by atoms with E-state index in [1.165, 1.54) is 16.8 Å². The predicted octanol–water partition coefficient (Wildman–Crippen LogP) is 0.569. The molecule has 6 heteroatoms. The zero-order valence-electron chi connectivity index (χ0n) is 6.98. The van der Waals surface area contributed by atoms with Crippen molar-refractivity contribution < 1.29 is 9.63 Å². The molecule has 1 amide bonds. The fourth-order valence-electron chi connectivity index (χ4n) is 0.664. The van der Waals surface area contributed by atoms with Crippen LogP contribution in [-0.2, 0) is 9.63 Å². The number of amides is 1. The molecular formula is C7H8ClN3O2. The molecule has 0 bridgehead atoms. The van der Waals surface area contributed by atoms with E-state index in [9.17, 15) is 4.79 Å². The van der Waals surface area contributed by atoms with E-state index in [-0.39, 0.29) is 18.2 Å². The Bertz CT molecular complexity index is 285. The van der Waals surface area contributed by atoms with Gasteiger partial charge in [-0.3, -0.25) is 4.79 Å². The number of hydrazone groups is 1. The van der Waals surface area contributed by atoms with Gasteiger partial charge in [0.15, 0.2) is 5.71 Å². The van der Waals surface area contributed by atoms with Crippen LogP contribution in [0.15, 0.2) is 21.9 Å². The monoisotopic (exact) mass is 201 g/mol. The number of rotatable bonds is 3. The number of oxime groups is 1. The van der Waals surface area contributed by atoms with Crippen molar-refractivity contribution in [3.05, 3.63) is 11.6 Å². The van der Waals surface area contributed by atoms with Crippen molar-refractivity contribution in [2.24, 2.45) is 10.3 Å². The number of halogens is 1. The first-order chi connectivity index (χ1) is 6.25. The third-order valence-corrected chi connectivity index (χ3v) is 1.47. The summed E-state index contributed by atoms with van der Waals surface area (Å²) in [4.78, 5) is 15.9. The van der Waals surface area contributed by atoms with Crippen molar-refractivity contribution in [1.29, 1.82) is 0 Å². The van der Waals surface area contributed by atoms with E-state index >= 15 is 0 Å². The van der Waals surface area contributed by atoms with Gasteiger partial charge in [0.25, 0.3) is 5.91 Å². The summed E-state index contributed by atoms with van der Waals surface area (Å²) >= 11 is 5.24. The predicted molar refractivity (Wildman–Crippen MR) is 49.6 cm³/mol. The summed E-state index contributed by atoms with van der Waals surface area (Å²) in [6, 6.07) is 0. The molecular weight excluding hydrogens is 194 g/mol. The molecule has 0 saturated heterocycles. The summed E-state index contributed by atoms with van der Waals surface area (Å²) in [5.74, 6) is -0.283. The van der Waals surface area contributed by atoms with Crippen LogP contribution in [0.1, 0.15) is 0 Å². The number of hydrogen-bond donors (Lipinski definition) is 0. The highest BCUT2D eigenvalue weighted by Gasteiger charge is 2.20. The van der Waals surface area contributed by atoms with Crippen molar-refractivity contribution in [3.8, 4) is 0 Å². The Morgan fingerprint density at radius 3 is 3.15 bits per heavy atom. The van der Waals surface area contributed by atoms with Gasteiger partial charge in [0.1, 0.15) is 6.61 Å². The molecule has 5 nitrogen and oxygen atoms in total. The lowest BCUT2D eigenvalue weighted by molar-refractivity contribution is -0.122. The van der Waals surface area contributed by atoms with Crippen molar-refractivity contribution >= 4 is 29.4 Å². The SMILES string of the molecule is CN1N=CC(=NOCC=CCl)C1=O. The van der Waals surface area contributed by atoms with Crippen molar-refractivity contribution in [1.82, 2.24) is 5.01 Å². The molecule has 0 aliphatic carbocycles. The number of nitrogens with zero attached hydrogens (tertiary/aromatic N) is 3. The third kappa shape index (κ3) is 2.55. The van der Waals surface area contributed by atoms with Crippen molar-refractivity contribution in [3.63, 3.8) is 0 Å². The van der Waals surface area contributed by atoms with E-state index in [0.29, 0.717) is 0 Å². The Labute approximate surface area is 80.3 Å². The second-order valence-electron chi connectivity index (χ2n) is 2.21. The first-order valence-electron chi connectivity index (χ1n) is 3.53. The van der Waals surface area contributed by atoms with Crippen LogP contribution in [0.4, 0.5) is 0 Å². The fourth-order valence-corrected chi connectivity index (χ4v) is 0.736. The van der Waals surface area contributed by atoms with E-state index in [2.05, 4.69) is 10.3 Å². The molecule has 0 atom stereocenters. The lowest BCUT2D eigenvalue weighted by Gasteiger charge is -2.00. The Morgan fingerprint density at radius 1 is 1.85 bits per heavy atom. The molecule has 0 aromatic heterocycles. The maximum Gasteiger partial charge on any atom is 0.297 e. The average Bonchev–Trinajstić information content (AvgIpc) is 2.43. The third-order valence-electron chi connectivity index (χ3n) is 1.29. The summed E-state index contributed by atoms with van der Waals surface area (Å²) in [6.07, 6.45) is 2.90. The quantitative estimate of drug-likeness (QED) is 0.495. The maximum absolute atomic E-state index is 11.1. The number of carbonyl (C=O) groups excluding carboxylic acids is 1. The Morgan fingerprint density at radius 2 is 2.62 bits per heavy atom. The molecule has 1 heterocycles. The highest BCUT2D eigenvalue weighted by molar-refractivity contribution is 6.62. The molecule has 0 aromatic rings. The Balaban J connectivity index is 2.44. The van der Waals surface area contributed by atoms with Crippen LogP contribution < -0.4 is 0 Å². The van der Waals surface area contributed by atoms with E-state index in [0.717, 1.165) is 0 Å². The normalized spacial score (nSPS) is 19.4. The van der Waals surface area contributed by atoms with Gasteiger partial charge in [-0.05, 0) is 6.08 Å². The van der Waals surface area contributed by atoms with Crippen LogP contribution in [0.3, 0.4) is 0 Å². The minimum absolute atomic E-state index is 0.186. The van der Waals surface area contributed by atoms with Gasteiger partial charge < -0.3 is 4.84 Å². The van der Waals surface area contributed by atoms with Gasteiger partial charge in [-0.1, -0.05) is 16.8 Å². The number of hydrogen-bond acceptors (Lipinski definition) is 4. The van der Waals surface area contributed by atoms with Gasteiger partial charge in [0.2, 0.25) is 0 Å². The van der Waals surface area contributed by atoms with E-state index < -0.39 is 0 Å². The van der Waals surface area contributed by atoms with Crippen LogP contribution in [0, 0.1) is 0 Å². The van der Waals surface area contributed by atoms with Gasteiger partial charge >= 0.3 is 0 Å². The van der Waals surface area contributed by atoms with E-state index in [1.807, 2.05) is 0 Å². The molecule has 0 fully saturated rings. The van der Waals surface area contributed by atoms with Crippen molar-refractivity contribution in [2.45, 2.75) is 0 Å². The number of carbonyl (C=O) groups is 1. The molecule has 1 aliphatic heterocycles. The van der Waals surface area contributed by atoms with Gasteiger partial charge in [-0.15, -0.1) is 0 Å². The molecule has 13 heavy (non-hydrogen) atoms.